The summed E-state index contributed by atoms with van der Waals surface area (Å²) in [5.41, 5.74) is 0.680. The predicted octanol–water partition coefficient (Wildman–Crippen LogP) is 5.86. The Morgan fingerprint density at radius 1 is 1.00 bits per heavy atom. The van der Waals surface area contributed by atoms with Gasteiger partial charge in [0.1, 0.15) is 17.3 Å². The Hall–Kier alpha value is -1.000. The molecule has 0 saturated carbocycles. The number of ether oxygens (including phenoxy) is 1. The van der Waals surface area contributed by atoms with Crippen molar-refractivity contribution in [2.45, 2.75) is 13.0 Å². The van der Waals surface area contributed by atoms with E-state index in [1.807, 2.05) is 6.92 Å². The minimum absolute atomic E-state index is 0.0859. The van der Waals surface area contributed by atoms with Gasteiger partial charge in [-0.25, -0.2) is 4.39 Å². The average Bonchev–Trinajstić information content (AvgIpc) is 2.45. The van der Waals surface area contributed by atoms with Crippen molar-refractivity contribution in [3.8, 4) is 11.5 Å². The summed E-state index contributed by atoms with van der Waals surface area (Å²) in [6.45, 7) is 1.90. The Morgan fingerprint density at radius 2 is 1.67 bits per heavy atom. The van der Waals surface area contributed by atoms with E-state index in [0.29, 0.717) is 32.1 Å². The number of hydrogen-bond acceptors (Lipinski definition) is 2. The largest absolute Gasteiger partial charge is 0.455 e. The minimum Gasteiger partial charge on any atom is -0.455 e. The van der Waals surface area contributed by atoms with Gasteiger partial charge in [-0.3, -0.25) is 0 Å². The second-order valence-electron chi connectivity index (χ2n) is 4.49. The fourth-order valence-electron chi connectivity index (χ4n) is 1.81. The third-order valence-electron chi connectivity index (χ3n) is 3.07. The number of nitrogens with one attached hydrogen (secondary N) is 1. The van der Waals surface area contributed by atoms with E-state index in [-0.39, 0.29) is 11.9 Å². The molecule has 0 fully saturated rings. The molecule has 1 atom stereocenters. The van der Waals surface area contributed by atoms with Crippen molar-refractivity contribution in [1.29, 1.82) is 0 Å². The van der Waals surface area contributed by atoms with Gasteiger partial charge in [0.15, 0.2) is 0 Å². The van der Waals surface area contributed by atoms with Crippen LogP contribution in [0.15, 0.2) is 30.3 Å². The van der Waals surface area contributed by atoms with Crippen LogP contribution in [0.5, 0.6) is 11.5 Å². The minimum atomic E-state index is -0.334. The lowest BCUT2D eigenvalue weighted by Crippen LogP contribution is -2.13. The molecule has 21 heavy (non-hydrogen) atoms. The van der Waals surface area contributed by atoms with Crippen molar-refractivity contribution in [3.63, 3.8) is 0 Å². The highest BCUT2D eigenvalue weighted by Crippen LogP contribution is 2.38. The Kier molecular flexibility index (Phi) is 5.33. The lowest BCUT2D eigenvalue weighted by atomic mass is 10.1. The van der Waals surface area contributed by atoms with Crippen molar-refractivity contribution < 1.29 is 9.13 Å². The number of benzene rings is 2. The normalized spacial score (nSPS) is 12.3. The van der Waals surface area contributed by atoms with E-state index in [9.17, 15) is 4.39 Å². The molecule has 0 amide bonds. The molecule has 2 aromatic rings. The molecular formula is C15H13Cl3FNO. The van der Waals surface area contributed by atoms with Crippen LogP contribution in [0.3, 0.4) is 0 Å². The summed E-state index contributed by atoms with van der Waals surface area (Å²) < 4.78 is 19.2. The molecule has 0 bridgehead atoms. The molecule has 6 heteroatoms. The molecule has 1 unspecified atom stereocenters. The van der Waals surface area contributed by atoms with Gasteiger partial charge in [-0.05, 0) is 38.2 Å². The fourth-order valence-corrected chi connectivity index (χ4v) is 2.38. The number of rotatable bonds is 4. The van der Waals surface area contributed by atoms with Crippen molar-refractivity contribution in [2.24, 2.45) is 0 Å². The first kappa shape index (κ1) is 16.4. The van der Waals surface area contributed by atoms with Crippen LogP contribution in [-0.2, 0) is 0 Å². The van der Waals surface area contributed by atoms with E-state index >= 15 is 0 Å². The van der Waals surface area contributed by atoms with E-state index in [1.165, 1.54) is 24.3 Å². The zero-order valence-electron chi connectivity index (χ0n) is 11.4. The van der Waals surface area contributed by atoms with Gasteiger partial charge < -0.3 is 10.1 Å². The van der Waals surface area contributed by atoms with Gasteiger partial charge in [0.05, 0.1) is 15.1 Å². The van der Waals surface area contributed by atoms with Crippen molar-refractivity contribution >= 4 is 34.8 Å². The maximum absolute atomic E-state index is 13.4. The van der Waals surface area contributed by atoms with Gasteiger partial charge in [0, 0.05) is 17.7 Å². The Labute approximate surface area is 137 Å². The molecule has 0 aliphatic carbocycles. The van der Waals surface area contributed by atoms with Crippen LogP contribution < -0.4 is 10.1 Å². The van der Waals surface area contributed by atoms with Gasteiger partial charge in [-0.15, -0.1) is 0 Å². The summed E-state index contributed by atoms with van der Waals surface area (Å²) in [7, 11) is 1.78. The molecule has 2 aromatic carbocycles. The van der Waals surface area contributed by atoms with E-state index in [4.69, 9.17) is 39.5 Å². The van der Waals surface area contributed by atoms with E-state index in [1.54, 1.807) is 13.1 Å². The Bertz CT molecular complexity index is 664. The lowest BCUT2D eigenvalue weighted by Gasteiger charge is -2.17. The summed E-state index contributed by atoms with van der Waals surface area (Å²) in [6.07, 6.45) is 0. The molecule has 1 N–H and O–H groups in total. The Balaban J connectivity index is 2.42. The second kappa shape index (κ2) is 6.84. The summed E-state index contributed by atoms with van der Waals surface area (Å²) in [5, 5.41) is 4.05. The van der Waals surface area contributed by atoms with Crippen LogP contribution in [0.2, 0.25) is 15.1 Å². The topological polar surface area (TPSA) is 21.3 Å². The van der Waals surface area contributed by atoms with E-state index in [0.717, 1.165) is 0 Å². The maximum atomic E-state index is 13.4. The van der Waals surface area contributed by atoms with Crippen molar-refractivity contribution in [3.05, 3.63) is 56.8 Å². The molecule has 0 aliphatic heterocycles. The molecule has 0 radical (unpaired) electrons. The van der Waals surface area contributed by atoms with E-state index < -0.39 is 0 Å². The highest BCUT2D eigenvalue weighted by molar-refractivity contribution is 6.43. The Morgan fingerprint density at radius 3 is 2.33 bits per heavy atom. The predicted molar refractivity (Wildman–Crippen MR) is 85.4 cm³/mol. The third-order valence-corrected chi connectivity index (χ3v) is 4.08. The first-order valence-corrected chi connectivity index (χ1v) is 7.35. The zero-order valence-corrected chi connectivity index (χ0v) is 13.7. The van der Waals surface area contributed by atoms with Crippen LogP contribution in [0.1, 0.15) is 18.5 Å². The molecule has 112 valence electrons. The molecule has 0 saturated heterocycles. The molecule has 0 aromatic heterocycles. The summed E-state index contributed by atoms with van der Waals surface area (Å²) in [5.74, 6) is 0.528. The molecule has 2 rings (SSSR count). The molecule has 0 heterocycles. The standard InChI is InChI=1S/C15H13Cl3FNO/c1-8(20-2)10-5-9(19)3-4-14(10)21-15-7-12(17)11(16)6-13(15)18/h3-8,20H,1-2H3. The summed E-state index contributed by atoms with van der Waals surface area (Å²) >= 11 is 17.9. The quantitative estimate of drug-likeness (QED) is 0.699. The maximum Gasteiger partial charge on any atom is 0.147 e. The van der Waals surface area contributed by atoms with Crippen LogP contribution in [0, 0.1) is 5.82 Å². The van der Waals surface area contributed by atoms with Gasteiger partial charge >= 0.3 is 0 Å². The van der Waals surface area contributed by atoms with Crippen LogP contribution in [0.4, 0.5) is 4.39 Å². The lowest BCUT2D eigenvalue weighted by molar-refractivity contribution is 0.463. The first-order chi connectivity index (χ1) is 9.92. The summed E-state index contributed by atoms with van der Waals surface area (Å²) in [4.78, 5) is 0. The van der Waals surface area contributed by atoms with Gasteiger partial charge in [0.25, 0.3) is 0 Å². The van der Waals surface area contributed by atoms with Crippen molar-refractivity contribution in [2.75, 3.05) is 7.05 Å². The van der Waals surface area contributed by atoms with Crippen LogP contribution in [0.25, 0.3) is 0 Å². The number of halogens is 4. The van der Waals surface area contributed by atoms with Gasteiger partial charge in [0.2, 0.25) is 0 Å². The van der Waals surface area contributed by atoms with Crippen molar-refractivity contribution in [1.82, 2.24) is 5.32 Å². The summed E-state index contributed by atoms with van der Waals surface area (Å²) in [6, 6.07) is 7.25. The molecular weight excluding hydrogens is 336 g/mol. The molecule has 0 aliphatic rings. The van der Waals surface area contributed by atoms with Crippen LogP contribution >= 0.6 is 34.8 Å². The highest BCUT2D eigenvalue weighted by Gasteiger charge is 2.14. The average molecular weight is 349 g/mol. The molecule has 0 spiro atoms. The fraction of sp³-hybridized carbons (Fsp3) is 0.200. The van der Waals surface area contributed by atoms with E-state index in [2.05, 4.69) is 5.32 Å². The monoisotopic (exact) mass is 347 g/mol. The first-order valence-electron chi connectivity index (χ1n) is 6.21. The third kappa shape index (κ3) is 3.80. The highest BCUT2D eigenvalue weighted by atomic mass is 35.5. The molecule has 2 nitrogen and oxygen atoms in total. The van der Waals surface area contributed by atoms with Gasteiger partial charge in [-0.2, -0.15) is 0 Å². The van der Waals surface area contributed by atoms with Gasteiger partial charge in [-0.1, -0.05) is 34.8 Å². The second-order valence-corrected chi connectivity index (χ2v) is 5.71. The SMILES string of the molecule is CNC(C)c1cc(F)ccc1Oc1cc(Cl)c(Cl)cc1Cl. The smallest absolute Gasteiger partial charge is 0.147 e. The zero-order chi connectivity index (χ0) is 15.6. The number of hydrogen-bond donors (Lipinski definition) is 1. The van der Waals surface area contributed by atoms with Crippen LogP contribution in [-0.4, -0.2) is 7.05 Å².